The fourth-order valence-electron chi connectivity index (χ4n) is 5.26. The summed E-state index contributed by atoms with van der Waals surface area (Å²) in [6, 6.07) is 22.5. The molecule has 1 amide bonds. The SMILES string of the molecule is Cc1ccc2c(c1)[C@@](C)(c1ccccc1)CC(C)(C)N2C(=O)c1ccc2c(c1)OCO2. The number of ether oxygens (including phenoxy) is 2. The van der Waals surface area contributed by atoms with Gasteiger partial charge in [0.05, 0.1) is 0 Å². The second kappa shape index (κ2) is 6.88. The van der Waals surface area contributed by atoms with E-state index in [-0.39, 0.29) is 23.7 Å². The van der Waals surface area contributed by atoms with Crippen molar-refractivity contribution in [3.63, 3.8) is 0 Å². The van der Waals surface area contributed by atoms with E-state index in [1.807, 2.05) is 23.1 Å². The first-order chi connectivity index (χ1) is 14.8. The highest BCUT2D eigenvalue weighted by molar-refractivity contribution is 6.08. The quantitative estimate of drug-likeness (QED) is 0.528. The Morgan fingerprint density at radius 2 is 1.65 bits per heavy atom. The maximum absolute atomic E-state index is 13.8. The Hall–Kier alpha value is -3.27. The fourth-order valence-corrected chi connectivity index (χ4v) is 5.26. The number of benzene rings is 3. The largest absolute Gasteiger partial charge is 0.454 e. The van der Waals surface area contributed by atoms with Gasteiger partial charge in [-0.1, -0.05) is 55.0 Å². The van der Waals surface area contributed by atoms with Crippen molar-refractivity contribution in [3.8, 4) is 11.5 Å². The van der Waals surface area contributed by atoms with Crippen LogP contribution in [0.15, 0.2) is 66.7 Å². The van der Waals surface area contributed by atoms with Gasteiger partial charge >= 0.3 is 0 Å². The summed E-state index contributed by atoms with van der Waals surface area (Å²) in [5.74, 6) is 1.28. The first-order valence-corrected chi connectivity index (χ1v) is 10.7. The number of nitrogens with zero attached hydrogens (tertiary/aromatic N) is 1. The molecule has 0 fully saturated rings. The lowest BCUT2D eigenvalue weighted by molar-refractivity contribution is 0.0948. The van der Waals surface area contributed by atoms with Crippen molar-refractivity contribution in [2.45, 2.75) is 45.1 Å². The molecule has 3 aromatic rings. The van der Waals surface area contributed by atoms with Gasteiger partial charge in [0.15, 0.2) is 11.5 Å². The van der Waals surface area contributed by atoms with E-state index >= 15 is 0 Å². The normalized spacial score (nSPS) is 21.0. The summed E-state index contributed by atoms with van der Waals surface area (Å²) in [7, 11) is 0. The highest BCUT2D eigenvalue weighted by atomic mass is 16.7. The summed E-state index contributed by atoms with van der Waals surface area (Å²) in [5.41, 5.74) is 4.63. The Balaban J connectivity index is 1.66. The maximum Gasteiger partial charge on any atom is 0.258 e. The van der Waals surface area contributed by atoms with E-state index in [4.69, 9.17) is 9.47 Å². The van der Waals surface area contributed by atoms with Gasteiger partial charge in [0.1, 0.15) is 0 Å². The predicted octanol–water partition coefficient (Wildman–Crippen LogP) is 5.86. The Morgan fingerprint density at radius 3 is 2.42 bits per heavy atom. The molecule has 0 saturated heterocycles. The fraction of sp³-hybridized carbons (Fsp3) is 0.296. The molecular formula is C27H27NO3. The highest BCUT2D eigenvalue weighted by Crippen LogP contribution is 2.51. The second-order valence-corrected chi connectivity index (χ2v) is 9.42. The van der Waals surface area contributed by atoms with Crippen LogP contribution in [-0.2, 0) is 5.41 Å². The van der Waals surface area contributed by atoms with E-state index < -0.39 is 0 Å². The third-order valence-electron chi connectivity index (χ3n) is 6.61. The third-order valence-corrected chi connectivity index (χ3v) is 6.61. The van der Waals surface area contributed by atoms with Crippen LogP contribution in [0.5, 0.6) is 11.5 Å². The van der Waals surface area contributed by atoms with E-state index in [1.54, 1.807) is 6.07 Å². The molecule has 5 rings (SSSR count). The number of rotatable bonds is 2. The first-order valence-electron chi connectivity index (χ1n) is 10.7. The Morgan fingerprint density at radius 1 is 0.903 bits per heavy atom. The van der Waals surface area contributed by atoms with Gasteiger partial charge < -0.3 is 14.4 Å². The van der Waals surface area contributed by atoms with Crippen LogP contribution in [0, 0.1) is 6.92 Å². The molecule has 2 aliphatic heterocycles. The van der Waals surface area contributed by atoms with E-state index in [2.05, 4.69) is 70.2 Å². The second-order valence-electron chi connectivity index (χ2n) is 9.42. The van der Waals surface area contributed by atoms with Crippen LogP contribution in [0.3, 0.4) is 0 Å². The van der Waals surface area contributed by atoms with Crippen LogP contribution >= 0.6 is 0 Å². The number of carbonyl (C=O) groups excluding carboxylic acids is 1. The molecule has 0 bridgehead atoms. The highest BCUT2D eigenvalue weighted by Gasteiger charge is 2.48. The minimum atomic E-state index is -0.389. The van der Waals surface area contributed by atoms with Crippen molar-refractivity contribution in [2.24, 2.45) is 0 Å². The molecule has 0 aromatic heterocycles. The van der Waals surface area contributed by atoms with Crippen LogP contribution in [0.4, 0.5) is 5.69 Å². The molecule has 2 aliphatic rings. The van der Waals surface area contributed by atoms with Crippen molar-refractivity contribution >= 4 is 11.6 Å². The van der Waals surface area contributed by atoms with E-state index in [1.165, 1.54) is 16.7 Å². The van der Waals surface area contributed by atoms with Crippen molar-refractivity contribution in [3.05, 3.63) is 89.0 Å². The predicted molar refractivity (Wildman–Crippen MR) is 122 cm³/mol. The van der Waals surface area contributed by atoms with E-state index in [0.717, 1.165) is 12.1 Å². The molecule has 4 heteroatoms. The molecule has 4 nitrogen and oxygen atoms in total. The number of anilines is 1. The van der Waals surface area contributed by atoms with Gasteiger partial charge in [0.2, 0.25) is 6.79 Å². The van der Waals surface area contributed by atoms with Crippen molar-refractivity contribution in [1.29, 1.82) is 0 Å². The monoisotopic (exact) mass is 413 g/mol. The van der Waals surface area contributed by atoms with Crippen LogP contribution in [0.2, 0.25) is 0 Å². The molecular weight excluding hydrogens is 386 g/mol. The van der Waals surface area contributed by atoms with Crippen molar-refractivity contribution in [1.82, 2.24) is 0 Å². The first kappa shape index (κ1) is 19.7. The van der Waals surface area contributed by atoms with Crippen LogP contribution in [0.25, 0.3) is 0 Å². The van der Waals surface area contributed by atoms with Crippen molar-refractivity contribution in [2.75, 3.05) is 11.7 Å². The number of hydrogen-bond acceptors (Lipinski definition) is 3. The lowest BCUT2D eigenvalue weighted by Gasteiger charge is -2.51. The summed E-state index contributed by atoms with van der Waals surface area (Å²) in [5, 5.41) is 0. The average Bonchev–Trinajstić information content (AvgIpc) is 3.22. The minimum absolute atomic E-state index is 0.0245. The molecule has 0 radical (unpaired) electrons. The molecule has 0 N–H and O–H groups in total. The molecule has 0 aliphatic carbocycles. The van der Waals surface area contributed by atoms with Crippen LogP contribution in [0.1, 0.15) is 54.2 Å². The minimum Gasteiger partial charge on any atom is -0.454 e. The lowest BCUT2D eigenvalue weighted by Crippen LogP contribution is -2.55. The van der Waals surface area contributed by atoms with Gasteiger partial charge in [0.25, 0.3) is 5.91 Å². The molecule has 1 atom stereocenters. The molecule has 2 heterocycles. The molecule has 158 valence electrons. The Kier molecular flexibility index (Phi) is 4.37. The molecule has 0 unspecified atom stereocenters. The number of carbonyl (C=O) groups is 1. The van der Waals surface area contributed by atoms with E-state index in [0.29, 0.717) is 17.1 Å². The lowest BCUT2D eigenvalue weighted by atomic mass is 9.65. The number of amides is 1. The van der Waals surface area contributed by atoms with Crippen LogP contribution < -0.4 is 14.4 Å². The van der Waals surface area contributed by atoms with E-state index in [9.17, 15) is 4.79 Å². The van der Waals surface area contributed by atoms with Crippen molar-refractivity contribution < 1.29 is 14.3 Å². The standard InChI is InChI=1S/C27H27NO3/c1-18-10-12-22-21(14-18)27(4,20-8-6-5-7-9-20)16-26(2,3)28(22)25(29)19-11-13-23-24(15-19)31-17-30-23/h5-15H,16-17H2,1-4H3/t27-/m1/s1. The Labute approximate surface area is 183 Å². The summed E-state index contributed by atoms with van der Waals surface area (Å²) in [6.45, 7) is 8.91. The maximum atomic E-state index is 13.8. The van der Waals surface area contributed by atoms with Gasteiger partial charge in [-0.3, -0.25) is 4.79 Å². The number of hydrogen-bond donors (Lipinski definition) is 0. The van der Waals surface area contributed by atoms with Gasteiger partial charge in [-0.05, 0) is 62.6 Å². The van der Waals surface area contributed by atoms with Gasteiger partial charge in [-0.15, -0.1) is 0 Å². The molecule has 0 saturated carbocycles. The molecule has 0 spiro atoms. The summed E-state index contributed by atoms with van der Waals surface area (Å²) in [6.07, 6.45) is 0.816. The zero-order chi connectivity index (χ0) is 21.8. The topological polar surface area (TPSA) is 38.8 Å². The van der Waals surface area contributed by atoms with Gasteiger partial charge in [0, 0.05) is 22.2 Å². The zero-order valence-electron chi connectivity index (χ0n) is 18.4. The molecule has 31 heavy (non-hydrogen) atoms. The summed E-state index contributed by atoms with van der Waals surface area (Å²) in [4.78, 5) is 15.8. The average molecular weight is 414 g/mol. The Bertz CT molecular complexity index is 1170. The molecule has 3 aromatic carbocycles. The number of aryl methyl sites for hydroxylation is 1. The van der Waals surface area contributed by atoms with Gasteiger partial charge in [-0.25, -0.2) is 0 Å². The number of fused-ring (bicyclic) bond motifs is 2. The summed E-state index contributed by atoms with van der Waals surface area (Å²) < 4.78 is 10.9. The third kappa shape index (κ3) is 3.09. The zero-order valence-corrected chi connectivity index (χ0v) is 18.4. The van der Waals surface area contributed by atoms with Gasteiger partial charge in [-0.2, -0.15) is 0 Å². The smallest absolute Gasteiger partial charge is 0.258 e. The van der Waals surface area contributed by atoms with Crippen LogP contribution in [-0.4, -0.2) is 18.2 Å². The summed E-state index contributed by atoms with van der Waals surface area (Å²) >= 11 is 0.